The number of benzene rings is 1. The van der Waals surface area contributed by atoms with E-state index in [4.69, 9.17) is 16.3 Å². The Bertz CT molecular complexity index is 350. The van der Waals surface area contributed by atoms with Crippen LogP contribution in [0.2, 0.25) is 5.02 Å². The van der Waals surface area contributed by atoms with E-state index >= 15 is 0 Å². The van der Waals surface area contributed by atoms with Crippen LogP contribution in [0, 0.1) is 0 Å². The van der Waals surface area contributed by atoms with E-state index < -0.39 is 0 Å². The largest absolute Gasteiger partial charge is 0.495 e. The van der Waals surface area contributed by atoms with Gasteiger partial charge in [-0.3, -0.25) is 4.79 Å². The van der Waals surface area contributed by atoms with Gasteiger partial charge in [-0.1, -0.05) is 11.6 Å². The van der Waals surface area contributed by atoms with Gasteiger partial charge in [0, 0.05) is 4.47 Å². The number of rotatable bonds is 2. The summed E-state index contributed by atoms with van der Waals surface area (Å²) in [4.78, 5) is 11.2. The van der Waals surface area contributed by atoms with Crippen LogP contribution in [0.25, 0.3) is 0 Å². The Labute approximate surface area is 90.0 Å². The van der Waals surface area contributed by atoms with Crippen LogP contribution < -0.4 is 4.74 Å². The molecule has 0 N–H and O–H groups in total. The van der Waals surface area contributed by atoms with Crippen molar-refractivity contribution >= 4 is 33.3 Å². The molecule has 0 unspecified atom stereocenters. The van der Waals surface area contributed by atoms with E-state index in [2.05, 4.69) is 15.9 Å². The molecular weight excluding hydrogens is 255 g/mol. The second-order valence-corrected chi connectivity index (χ2v) is 3.73. The minimum absolute atomic E-state index is 0.0872. The Balaban J connectivity index is 3.38. The Morgan fingerprint density at radius 1 is 1.54 bits per heavy atom. The van der Waals surface area contributed by atoms with E-state index in [0.717, 1.165) is 0 Å². The number of hydrogen-bond acceptors (Lipinski definition) is 2. The molecule has 0 aliphatic heterocycles. The first kappa shape index (κ1) is 10.5. The van der Waals surface area contributed by atoms with Crippen LogP contribution in [-0.2, 0) is 0 Å². The van der Waals surface area contributed by atoms with Crippen LogP contribution in [0.1, 0.15) is 17.3 Å². The first-order valence-electron chi connectivity index (χ1n) is 3.61. The maximum Gasteiger partial charge on any atom is 0.162 e. The average Bonchev–Trinajstić information content (AvgIpc) is 2.04. The van der Waals surface area contributed by atoms with Crippen LogP contribution in [0.15, 0.2) is 16.6 Å². The molecule has 70 valence electrons. The quantitative estimate of drug-likeness (QED) is 0.765. The molecule has 0 amide bonds. The van der Waals surface area contributed by atoms with Gasteiger partial charge in [-0.15, -0.1) is 0 Å². The van der Waals surface area contributed by atoms with Crippen molar-refractivity contribution in [3.05, 3.63) is 27.2 Å². The molecule has 0 aliphatic rings. The third-order valence-electron chi connectivity index (χ3n) is 1.63. The second kappa shape index (κ2) is 4.11. The van der Waals surface area contributed by atoms with E-state index in [1.165, 1.54) is 14.0 Å². The number of carbonyl (C=O) groups is 1. The molecule has 0 spiro atoms. The lowest BCUT2D eigenvalue weighted by molar-refractivity contribution is 0.101. The number of ether oxygens (including phenoxy) is 1. The summed E-state index contributed by atoms with van der Waals surface area (Å²) < 4.78 is 5.67. The van der Waals surface area contributed by atoms with Crippen LogP contribution in [-0.4, -0.2) is 12.9 Å². The lowest BCUT2D eigenvalue weighted by Gasteiger charge is -2.07. The van der Waals surface area contributed by atoms with Crippen molar-refractivity contribution in [2.75, 3.05) is 7.11 Å². The molecule has 0 bridgehead atoms. The number of Topliss-reactive ketones (excluding diaryl/α,β-unsaturated/α-hetero) is 1. The monoisotopic (exact) mass is 262 g/mol. The van der Waals surface area contributed by atoms with Crippen LogP contribution in [0.4, 0.5) is 0 Å². The minimum Gasteiger partial charge on any atom is -0.495 e. The highest BCUT2D eigenvalue weighted by Crippen LogP contribution is 2.33. The smallest absolute Gasteiger partial charge is 0.162 e. The van der Waals surface area contributed by atoms with Crippen molar-refractivity contribution < 1.29 is 9.53 Å². The summed E-state index contributed by atoms with van der Waals surface area (Å²) in [6, 6.07) is 3.44. The van der Waals surface area contributed by atoms with Crippen LogP contribution in [0.5, 0.6) is 5.75 Å². The summed E-state index contributed by atoms with van der Waals surface area (Å²) >= 11 is 9.18. The number of halogens is 2. The Hall–Kier alpha value is -0.540. The van der Waals surface area contributed by atoms with Gasteiger partial charge in [0.25, 0.3) is 0 Å². The van der Waals surface area contributed by atoms with Crippen LogP contribution in [0.3, 0.4) is 0 Å². The summed E-state index contributed by atoms with van der Waals surface area (Å²) in [7, 11) is 1.51. The summed E-state index contributed by atoms with van der Waals surface area (Å²) in [6.07, 6.45) is 0. The Morgan fingerprint density at radius 3 is 2.62 bits per heavy atom. The Kier molecular flexibility index (Phi) is 3.33. The molecular formula is C9H8BrClO2. The molecule has 1 rings (SSSR count). The molecule has 0 saturated carbocycles. The molecule has 0 heterocycles. The molecule has 1 aromatic carbocycles. The molecule has 4 heteroatoms. The standard InChI is InChI=1S/C9H8BrClO2/c1-5(12)8-6(10)3-4-7(13-2)9(8)11/h3-4H,1-2H3. The summed E-state index contributed by atoms with van der Waals surface area (Å²) in [6.45, 7) is 1.46. The van der Waals surface area contributed by atoms with Crippen LogP contribution >= 0.6 is 27.5 Å². The topological polar surface area (TPSA) is 26.3 Å². The fourth-order valence-electron chi connectivity index (χ4n) is 1.01. The van der Waals surface area contributed by atoms with Crippen molar-refractivity contribution in [1.29, 1.82) is 0 Å². The van der Waals surface area contributed by atoms with Gasteiger partial charge in [-0.25, -0.2) is 0 Å². The minimum atomic E-state index is -0.0872. The van der Waals surface area contributed by atoms with Crippen molar-refractivity contribution in [2.24, 2.45) is 0 Å². The fourth-order valence-corrected chi connectivity index (χ4v) is 2.11. The van der Waals surface area contributed by atoms with Gasteiger partial charge in [0.1, 0.15) is 5.75 Å². The van der Waals surface area contributed by atoms with Gasteiger partial charge in [0.05, 0.1) is 17.7 Å². The van der Waals surface area contributed by atoms with E-state index in [0.29, 0.717) is 20.8 Å². The van der Waals surface area contributed by atoms with Gasteiger partial charge in [-0.05, 0) is 35.0 Å². The summed E-state index contributed by atoms with van der Waals surface area (Å²) in [5.41, 5.74) is 0.459. The highest BCUT2D eigenvalue weighted by atomic mass is 79.9. The summed E-state index contributed by atoms with van der Waals surface area (Å²) in [5, 5.41) is 0.351. The zero-order valence-corrected chi connectivity index (χ0v) is 9.57. The second-order valence-electron chi connectivity index (χ2n) is 2.49. The van der Waals surface area contributed by atoms with Gasteiger partial charge >= 0.3 is 0 Å². The molecule has 2 nitrogen and oxygen atoms in total. The van der Waals surface area contributed by atoms with E-state index in [1.54, 1.807) is 12.1 Å². The molecule has 1 aromatic rings. The molecule has 0 saturated heterocycles. The predicted octanol–water partition coefficient (Wildman–Crippen LogP) is 3.31. The molecule has 13 heavy (non-hydrogen) atoms. The SMILES string of the molecule is COc1ccc(Br)c(C(C)=O)c1Cl. The zero-order valence-electron chi connectivity index (χ0n) is 7.23. The van der Waals surface area contributed by atoms with Gasteiger partial charge in [0.2, 0.25) is 0 Å². The lowest BCUT2D eigenvalue weighted by atomic mass is 10.1. The van der Waals surface area contributed by atoms with Crippen molar-refractivity contribution in [1.82, 2.24) is 0 Å². The highest BCUT2D eigenvalue weighted by Gasteiger charge is 2.14. The highest BCUT2D eigenvalue weighted by molar-refractivity contribution is 9.10. The third kappa shape index (κ3) is 2.03. The maximum atomic E-state index is 11.2. The molecule has 0 aliphatic carbocycles. The van der Waals surface area contributed by atoms with Crippen molar-refractivity contribution in [2.45, 2.75) is 6.92 Å². The molecule has 0 atom stereocenters. The number of methoxy groups -OCH3 is 1. The van der Waals surface area contributed by atoms with E-state index in [-0.39, 0.29) is 5.78 Å². The molecule has 0 aromatic heterocycles. The molecule has 0 fully saturated rings. The normalized spacial score (nSPS) is 9.85. The van der Waals surface area contributed by atoms with E-state index in [1.807, 2.05) is 0 Å². The first-order valence-corrected chi connectivity index (χ1v) is 4.78. The number of ketones is 1. The van der Waals surface area contributed by atoms with Gasteiger partial charge in [0.15, 0.2) is 5.78 Å². The predicted molar refractivity (Wildman–Crippen MR) is 55.7 cm³/mol. The van der Waals surface area contributed by atoms with E-state index in [9.17, 15) is 4.79 Å². The lowest BCUT2D eigenvalue weighted by Crippen LogP contribution is -1.97. The number of hydrogen-bond donors (Lipinski definition) is 0. The van der Waals surface area contributed by atoms with Crippen molar-refractivity contribution in [3.8, 4) is 5.75 Å². The molecule has 0 radical (unpaired) electrons. The zero-order chi connectivity index (χ0) is 10.0. The maximum absolute atomic E-state index is 11.2. The fraction of sp³-hybridized carbons (Fsp3) is 0.222. The number of carbonyl (C=O) groups excluding carboxylic acids is 1. The third-order valence-corrected chi connectivity index (χ3v) is 2.66. The summed E-state index contributed by atoms with van der Waals surface area (Å²) in [5.74, 6) is 0.422. The van der Waals surface area contributed by atoms with Crippen molar-refractivity contribution in [3.63, 3.8) is 0 Å². The average molecular weight is 264 g/mol. The Morgan fingerprint density at radius 2 is 2.15 bits per heavy atom. The first-order chi connectivity index (χ1) is 6.07. The van der Waals surface area contributed by atoms with Gasteiger partial charge in [-0.2, -0.15) is 0 Å². The van der Waals surface area contributed by atoms with Gasteiger partial charge < -0.3 is 4.74 Å².